The van der Waals surface area contributed by atoms with E-state index in [1.165, 1.54) is 6.33 Å². The summed E-state index contributed by atoms with van der Waals surface area (Å²) in [5.74, 6) is 4.42. The number of hydrogen-bond acceptors (Lipinski definition) is 5. The normalized spacial score (nSPS) is 7.20. The Morgan fingerprint density at radius 3 is 2.20 bits per heavy atom. The number of hydrazone groups is 1. The topological polar surface area (TPSA) is 145 Å². The highest BCUT2D eigenvalue weighted by molar-refractivity contribution is 5.75. The minimum absolute atomic E-state index is 0.0926. The van der Waals surface area contributed by atoms with Gasteiger partial charge < -0.3 is 17.3 Å². The average Bonchev–Trinajstić information content (AvgIpc) is 2.43. The van der Waals surface area contributed by atoms with Gasteiger partial charge in [0.15, 0.2) is 6.33 Å². The lowest BCUT2D eigenvalue weighted by Crippen LogP contribution is -2.23. The lowest BCUT2D eigenvalue weighted by molar-refractivity contribution is 0.881. The van der Waals surface area contributed by atoms with Gasteiger partial charge in [-0.3, -0.25) is 0 Å². The molecule has 0 aromatic carbocycles. The first-order valence-electron chi connectivity index (χ1n) is 2.22. The zero-order valence-electron chi connectivity index (χ0n) is 5.10. The molecule has 0 atom stereocenters. The Labute approximate surface area is 56.5 Å². The lowest BCUT2D eigenvalue weighted by Gasteiger charge is -1.76. The predicted octanol–water partition coefficient (Wildman–Crippen LogP) is -2.67. The largest absolute Gasteiger partial charge is 0.369 e. The van der Waals surface area contributed by atoms with Gasteiger partial charge in [0.1, 0.15) is 0 Å². The van der Waals surface area contributed by atoms with Crippen LogP contribution in [0.2, 0.25) is 0 Å². The minimum atomic E-state index is -0.0926. The summed E-state index contributed by atoms with van der Waals surface area (Å²) in [5, 5.41) is 15.0. The molecule has 8 nitrogen and oxygen atoms in total. The Hall–Kier alpha value is -1.86. The van der Waals surface area contributed by atoms with E-state index in [1.807, 2.05) is 0 Å². The average molecular weight is 144 g/mol. The van der Waals surface area contributed by atoms with Gasteiger partial charge in [0.25, 0.3) is 0 Å². The van der Waals surface area contributed by atoms with Crippen LogP contribution in [0.1, 0.15) is 0 Å². The zero-order chi connectivity index (χ0) is 7.82. The molecule has 1 rings (SSSR count). The van der Waals surface area contributed by atoms with Crippen molar-refractivity contribution in [3.05, 3.63) is 6.33 Å². The summed E-state index contributed by atoms with van der Waals surface area (Å²) in [6.07, 6.45) is 1.33. The number of nitrogens with one attached hydrogen (secondary N) is 1. The second-order valence-corrected chi connectivity index (χ2v) is 1.11. The van der Waals surface area contributed by atoms with E-state index < -0.39 is 0 Å². The first-order chi connectivity index (χ1) is 4.77. The van der Waals surface area contributed by atoms with Crippen molar-refractivity contribution in [2.24, 2.45) is 22.4 Å². The second-order valence-electron chi connectivity index (χ2n) is 1.11. The van der Waals surface area contributed by atoms with Crippen molar-refractivity contribution < 1.29 is 0 Å². The van der Waals surface area contributed by atoms with Crippen LogP contribution in [0.3, 0.4) is 0 Å². The Morgan fingerprint density at radius 2 is 2.10 bits per heavy atom. The van der Waals surface area contributed by atoms with Crippen molar-refractivity contribution in [2.75, 3.05) is 0 Å². The zero-order valence-corrected chi connectivity index (χ0v) is 5.10. The molecule has 7 N–H and O–H groups in total. The monoisotopic (exact) mass is 144 g/mol. The molecule has 0 aliphatic carbocycles. The van der Waals surface area contributed by atoms with E-state index in [4.69, 9.17) is 11.5 Å². The van der Waals surface area contributed by atoms with Crippen LogP contribution in [-0.2, 0) is 0 Å². The van der Waals surface area contributed by atoms with E-state index in [-0.39, 0.29) is 5.96 Å². The lowest BCUT2D eigenvalue weighted by atomic mass is 11.1. The van der Waals surface area contributed by atoms with E-state index in [1.54, 1.807) is 0 Å². The molecule has 56 valence electrons. The Morgan fingerprint density at radius 1 is 1.50 bits per heavy atom. The van der Waals surface area contributed by atoms with Crippen molar-refractivity contribution >= 4 is 5.96 Å². The maximum atomic E-state index is 4.69. The van der Waals surface area contributed by atoms with E-state index in [9.17, 15) is 0 Å². The second kappa shape index (κ2) is 5.28. The maximum Gasteiger partial charge on any atom is 0.208 e. The van der Waals surface area contributed by atoms with Crippen LogP contribution in [0.5, 0.6) is 0 Å². The van der Waals surface area contributed by atoms with Crippen LogP contribution in [0.15, 0.2) is 11.4 Å². The number of aromatic nitrogens is 4. The van der Waals surface area contributed by atoms with Crippen LogP contribution < -0.4 is 17.3 Å². The van der Waals surface area contributed by atoms with E-state index in [2.05, 4.69) is 31.6 Å². The summed E-state index contributed by atoms with van der Waals surface area (Å²) in [5.41, 5.74) is 9.39. The molecule has 0 aliphatic heterocycles. The molecule has 0 spiro atoms. The number of H-pyrrole nitrogens is 1. The van der Waals surface area contributed by atoms with Crippen molar-refractivity contribution in [3.63, 3.8) is 0 Å². The van der Waals surface area contributed by atoms with Crippen LogP contribution in [-0.4, -0.2) is 26.6 Å². The molecule has 0 amide bonds. The van der Waals surface area contributed by atoms with Gasteiger partial charge in [0.2, 0.25) is 5.96 Å². The third kappa shape index (κ3) is 6.14. The summed E-state index contributed by atoms with van der Waals surface area (Å²) in [4.78, 5) is 0. The summed E-state index contributed by atoms with van der Waals surface area (Å²) in [6, 6.07) is 0. The Balaban J connectivity index is 0.000000162. The summed E-state index contributed by atoms with van der Waals surface area (Å²) < 4.78 is 0. The van der Waals surface area contributed by atoms with Crippen molar-refractivity contribution in [1.82, 2.24) is 20.6 Å². The molecule has 10 heavy (non-hydrogen) atoms. The number of guanidine groups is 1. The van der Waals surface area contributed by atoms with Gasteiger partial charge in [-0.2, -0.15) is 5.21 Å². The molecule has 0 saturated heterocycles. The van der Waals surface area contributed by atoms with Crippen molar-refractivity contribution in [3.8, 4) is 0 Å². The molecule has 0 unspecified atom stereocenters. The van der Waals surface area contributed by atoms with Crippen molar-refractivity contribution in [1.29, 1.82) is 0 Å². The van der Waals surface area contributed by atoms with Crippen LogP contribution in [0.4, 0.5) is 0 Å². The van der Waals surface area contributed by atoms with Gasteiger partial charge in [0.05, 0.1) is 0 Å². The fraction of sp³-hybridized carbons (Fsp3) is 0. The molecule has 1 aromatic rings. The van der Waals surface area contributed by atoms with Crippen LogP contribution >= 0.6 is 0 Å². The number of nitrogens with two attached hydrogens (primary N) is 3. The van der Waals surface area contributed by atoms with Crippen LogP contribution in [0.25, 0.3) is 0 Å². The van der Waals surface area contributed by atoms with Crippen LogP contribution in [0, 0.1) is 0 Å². The highest BCUT2D eigenvalue weighted by Gasteiger charge is 1.62. The molecule has 0 saturated carbocycles. The molecule has 0 aliphatic rings. The standard InChI is InChI=1S/CH2N4.CH6N4/c1-2-4-5-3-1;2-1(3)5-4/h1H,(H,2,3,4,5);4H2,(H4,2,3,5). The molecule has 0 bridgehead atoms. The Bertz CT molecular complexity index is 142. The molecule has 8 heteroatoms. The van der Waals surface area contributed by atoms with E-state index in [0.29, 0.717) is 0 Å². The first-order valence-corrected chi connectivity index (χ1v) is 2.22. The van der Waals surface area contributed by atoms with E-state index in [0.717, 1.165) is 0 Å². The number of rotatable bonds is 0. The molecular formula is C2H8N8. The fourth-order valence-corrected chi connectivity index (χ4v) is 0.129. The number of nitrogens with zero attached hydrogens (tertiary/aromatic N) is 4. The third-order valence-electron chi connectivity index (χ3n) is 0.419. The predicted molar refractivity (Wildman–Crippen MR) is 34.2 cm³/mol. The molecule has 1 aromatic heterocycles. The molecule has 1 heterocycles. The number of tetrazole rings is 1. The summed E-state index contributed by atoms with van der Waals surface area (Å²) in [6.45, 7) is 0. The van der Waals surface area contributed by atoms with Gasteiger partial charge in [-0.15, -0.1) is 15.3 Å². The highest BCUT2D eigenvalue weighted by atomic mass is 15.5. The highest BCUT2D eigenvalue weighted by Crippen LogP contribution is 1.43. The summed E-state index contributed by atoms with van der Waals surface area (Å²) >= 11 is 0. The van der Waals surface area contributed by atoms with Gasteiger partial charge in [0, 0.05) is 0 Å². The molecular weight excluding hydrogens is 136 g/mol. The minimum Gasteiger partial charge on any atom is -0.369 e. The number of aromatic amines is 1. The van der Waals surface area contributed by atoms with Gasteiger partial charge >= 0.3 is 0 Å². The molecule has 0 radical (unpaired) electrons. The Kier molecular flexibility index (Phi) is 4.30. The van der Waals surface area contributed by atoms with E-state index >= 15 is 0 Å². The van der Waals surface area contributed by atoms with Gasteiger partial charge in [-0.1, -0.05) is 5.21 Å². The fourth-order valence-electron chi connectivity index (χ4n) is 0.129. The quantitative estimate of drug-likeness (QED) is 0.135. The van der Waals surface area contributed by atoms with Gasteiger partial charge in [-0.25, -0.2) is 0 Å². The number of hydrogen-bond donors (Lipinski definition) is 4. The summed E-state index contributed by atoms with van der Waals surface area (Å²) in [7, 11) is 0. The maximum absolute atomic E-state index is 4.69. The first kappa shape index (κ1) is 8.14. The third-order valence-corrected chi connectivity index (χ3v) is 0.419. The van der Waals surface area contributed by atoms with Crippen molar-refractivity contribution in [2.45, 2.75) is 0 Å². The smallest absolute Gasteiger partial charge is 0.208 e. The molecule has 0 fully saturated rings. The SMILES string of the molecule is NN=C(N)N.c1nn[nH]n1. The van der Waals surface area contributed by atoms with Gasteiger partial charge in [-0.05, 0) is 0 Å².